The Morgan fingerprint density at radius 1 is 1.56 bits per heavy atom. The lowest BCUT2D eigenvalue weighted by Gasteiger charge is -2.12. The molecule has 0 amide bonds. The van der Waals surface area contributed by atoms with Crippen LogP contribution in [0.1, 0.15) is 25.8 Å². The van der Waals surface area contributed by atoms with Gasteiger partial charge in [-0.1, -0.05) is 6.92 Å². The third-order valence-corrected chi connectivity index (χ3v) is 1.98. The van der Waals surface area contributed by atoms with Crippen molar-refractivity contribution in [2.75, 3.05) is 6.61 Å². The number of nitrogens with zero attached hydrogens (tertiary/aromatic N) is 2. The van der Waals surface area contributed by atoms with E-state index >= 15 is 0 Å². The Kier molecular flexibility index (Phi) is 3.98. The smallest absolute Gasteiger partial charge is 0.382 e. The van der Waals surface area contributed by atoms with Crippen LogP contribution in [0.5, 0.6) is 0 Å². The summed E-state index contributed by atoms with van der Waals surface area (Å²) in [6, 6.07) is 0. The summed E-state index contributed by atoms with van der Waals surface area (Å²) in [5, 5.41) is 3.74. The minimum atomic E-state index is -3.62. The predicted molar refractivity (Wildman–Crippen MR) is 53.0 cm³/mol. The van der Waals surface area contributed by atoms with Crippen LogP contribution in [0, 0.1) is 0 Å². The second-order valence-electron chi connectivity index (χ2n) is 3.29. The molecule has 0 aliphatic carbocycles. The van der Waals surface area contributed by atoms with Gasteiger partial charge in [0.15, 0.2) is 0 Å². The van der Waals surface area contributed by atoms with Crippen molar-refractivity contribution in [2.45, 2.75) is 32.7 Å². The fourth-order valence-electron chi connectivity index (χ4n) is 1.22. The Balaban J connectivity index is 2.84. The van der Waals surface area contributed by atoms with E-state index in [2.05, 4.69) is 9.84 Å². The van der Waals surface area contributed by atoms with E-state index in [9.17, 15) is 13.6 Å². The molecule has 16 heavy (non-hydrogen) atoms. The van der Waals surface area contributed by atoms with E-state index in [1.54, 1.807) is 0 Å². The number of hydrogen-bond donors (Lipinski definition) is 0. The molecule has 1 aromatic heterocycles. The first kappa shape index (κ1) is 12.6. The second kappa shape index (κ2) is 5.05. The fourth-order valence-corrected chi connectivity index (χ4v) is 1.22. The summed E-state index contributed by atoms with van der Waals surface area (Å²) in [5.74, 6) is -5.16. The van der Waals surface area contributed by atoms with Gasteiger partial charge in [0.2, 0.25) is 0 Å². The maximum Gasteiger partial charge on any atom is 0.382 e. The third kappa shape index (κ3) is 2.56. The molecule has 6 heteroatoms. The standard InChI is InChI=1S/C10H14F2N2O2/c1-3-5-14-7-8(6-13-14)10(11,12)9(15)16-4-2/h6-7H,3-5H2,1-2H3. The lowest BCUT2D eigenvalue weighted by atomic mass is 10.2. The third-order valence-electron chi connectivity index (χ3n) is 1.98. The molecule has 0 spiro atoms. The van der Waals surface area contributed by atoms with E-state index in [1.165, 1.54) is 17.8 Å². The summed E-state index contributed by atoms with van der Waals surface area (Å²) in [6.07, 6.45) is 2.94. The van der Waals surface area contributed by atoms with Gasteiger partial charge in [-0.15, -0.1) is 0 Å². The SMILES string of the molecule is CCCn1cc(C(F)(F)C(=O)OCC)cn1. The van der Waals surface area contributed by atoms with Crippen molar-refractivity contribution in [2.24, 2.45) is 0 Å². The highest BCUT2D eigenvalue weighted by molar-refractivity contribution is 5.79. The molecule has 0 bridgehead atoms. The average molecular weight is 232 g/mol. The van der Waals surface area contributed by atoms with Crippen molar-refractivity contribution in [3.8, 4) is 0 Å². The van der Waals surface area contributed by atoms with Crippen LogP contribution in [0.4, 0.5) is 8.78 Å². The predicted octanol–water partition coefficient (Wildman–Crippen LogP) is 1.95. The van der Waals surface area contributed by atoms with Gasteiger partial charge in [-0.25, -0.2) is 4.79 Å². The maximum absolute atomic E-state index is 13.5. The summed E-state index contributed by atoms with van der Waals surface area (Å²) >= 11 is 0. The lowest BCUT2D eigenvalue weighted by molar-refractivity contribution is -0.173. The van der Waals surface area contributed by atoms with Crippen molar-refractivity contribution in [1.29, 1.82) is 0 Å². The van der Waals surface area contributed by atoms with Crippen molar-refractivity contribution in [3.05, 3.63) is 18.0 Å². The van der Waals surface area contributed by atoms with Gasteiger partial charge in [-0.3, -0.25) is 4.68 Å². The fraction of sp³-hybridized carbons (Fsp3) is 0.600. The van der Waals surface area contributed by atoms with Crippen molar-refractivity contribution in [3.63, 3.8) is 0 Å². The summed E-state index contributed by atoms with van der Waals surface area (Å²) in [7, 11) is 0. The zero-order valence-electron chi connectivity index (χ0n) is 9.24. The number of esters is 1. The molecule has 0 fully saturated rings. The quantitative estimate of drug-likeness (QED) is 0.729. The molecule has 0 saturated carbocycles. The van der Waals surface area contributed by atoms with Gasteiger partial charge < -0.3 is 4.74 Å². The number of halogens is 2. The molecular formula is C10H14F2N2O2. The van der Waals surface area contributed by atoms with Gasteiger partial charge in [0.05, 0.1) is 18.4 Å². The van der Waals surface area contributed by atoms with Crippen LogP contribution in [0.2, 0.25) is 0 Å². The molecule has 0 unspecified atom stereocenters. The molecule has 0 aliphatic rings. The van der Waals surface area contributed by atoms with Crippen molar-refractivity contribution < 1.29 is 18.3 Å². The number of carbonyl (C=O) groups is 1. The number of ether oxygens (including phenoxy) is 1. The lowest BCUT2D eigenvalue weighted by Crippen LogP contribution is -2.27. The molecule has 0 N–H and O–H groups in total. The Morgan fingerprint density at radius 2 is 2.25 bits per heavy atom. The largest absolute Gasteiger partial charge is 0.461 e. The second-order valence-corrected chi connectivity index (χ2v) is 3.29. The first-order valence-electron chi connectivity index (χ1n) is 5.10. The highest BCUT2D eigenvalue weighted by atomic mass is 19.3. The topological polar surface area (TPSA) is 44.1 Å². The highest BCUT2D eigenvalue weighted by Gasteiger charge is 2.43. The summed E-state index contributed by atoms with van der Waals surface area (Å²) < 4.78 is 32.6. The first-order chi connectivity index (χ1) is 7.52. The maximum atomic E-state index is 13.5. The summed E-state index contributed by atoms with van der Waals surface area (Å²) in [4.78, 5) is 11.0. The van der Waals surface area contributed by atoms with Gasteiger partial charge in [0.1, 0.15) is 0 Å². The van der Waals surface area contributed by atoms with Crippen LogP contribution >= 0.6 is 0 Å². The summed E-state index contributed by atoms with van der Waals surface area (Å²) in [6.45, 7) is 3.86. The molecule has 1 aromatic rings. The van der Waals surface area contributed by atoms with E-state index in [-0.39, 0.29) is 6.61 Å². The molecule has 1 rings (SSSR count). The van der Waals surface area contributed by atoms with Gasteiger partial charge in [0.25, 0.3) is 0 Å². The molecule has 4 nitrogen and oxygen atoms in total. The minimum Gasteiger partial charge on any atom is -0.461 e. The van der Waals surface area contributed by atoms with Crippen LogP contribution in [-0.4, -0.2) is 22.4 Å². The minimum absolute atomic E-state index is 0.0719. The van der Waals surface area contributed by atoms with Gasteiger partial charge >= 0.3 is 11.9 Å². The van der Waals surface area contributed by atoms with E-state index in [1.807, 2.05) is 6.92 Å². The molecule has 90 valence electrons. The van der Waals surface area contributed by atoms with Crippen LogP contribution < -0.4 is 0 Å². The molecule has 0 radical (unpaired) electrons. The van der Waals surface area contributed by atoms with Crippen LogP contribution in [0.25, 0.3) is 0 Å². The Bertz CT molecular complexity index is 363. The van der Waals surface area contributed by atoms with E-state index in [0.29, 0.717) is 6.54 Å². The molecule has 0 aliphatic heterocycles. The van der Waals surface area contributed by atoms with Gasteiger partial charge in [-0.05, 0) is 13.3 Å². The van der Waals surface area contributed by atoms with Crippen molar-refractivity contribution >= 4 is 5.97 Å². The number of rotatable bonds is 5. The van der Waals surface area contributed by atoms with Crippen LogP contribution in [-0.2, 0) is 22.0 Å². The Morgan fingerprint density at radius 3 is 2.81 bits per heavy atom. The number of carbonyl (C=O) groups excluding carboxylic acids is 1. The monoisotopic (exact) mass is 232 g/mol. The zero-order valence-corrected chi connectivity index (χ0v) is 9.24. The number of aromatic nitrogens is 2. The molecule has 1 heterocycles. The zero-order chi connectivity index (χ0) is 12.2. The van der Waals surface area contributed by atoms with Crippen molar-refractivity contribution in [1.82, 2.24) is 9.78 Å². The Labute approximate surface area is 92.2 Å². The summed E-state index contributed by atoms with van der Waals surface area (Å²) in [5.41, 5.74) is -0.431. The van der Waals surface area contributed by atoms with Crippen LogP contribution in [0.15, 0.2) is 12.4 Å². The number of aryl methyl sites for hydroxylation is 1. The number of hydrogen-bond acceptors (Lipinski definition) is 3. The van der Waals surface area contributed by atoms with Crippen LogP contribution in [0.3, 0.4) is 0 Å². The van der Waals surface area contributed by atoms with Gasteiger partial charge in [0, 0.05) is 12.7 Å². The van der Waals surface area contributed by atoms with Gasteiger partial charge in [-0.2, -0.15) is 13.9 Å². The normalized spacial score (nSPS) is 11.5. The first-order valence-corrected chi connectivity index (χ1v) is 5.10. The van der Waals surface area contributed by atoms with E-state index in [4.69, 9.17) is 0 Å². The molecule has 0 aromatic carbocycles. The molecule has 0 saturated heterocycles. The molecular weight excluding hydrogens is 218 g/mol. The average Bonchev–Trinajstić information content (AvgIpc) is 2.68. The number of alkyl halides is 2. The van der Waals surface area contributed by atoms with E-state index in [0.717, 1.165) is 12.6 Å². The van der Waals surface area contributed by atoms with E-state index < -0.39 is 17.5 Å². The Hall–Kier alpha value is -1.46. The highest BCUT2D eigenvalue weighted by Crippen LogP contribution is 2.28. The molecule has 0 atom stereocenters.